The molecule has 0 saturated carbocycles. The van der Waals surface area contributed by atoms with E-state index in [1.54, 1.807) is 38.1 Å². The number of amides is 1. The number of halogens is 1. The Morgan fingerprint density at radius 1 is 1.16 bits per heavy atom. The first-order valence-electron chi connectivity index (χ1n) is 7.67. The Balaban J connectivity index is 1.64. The molecule has 1 aromatic heterocycles. The van der Waals surface area contributed by atoms with Crippen molar-refractivity contribution in [1.29, 1.82) is 0 Å². The molecule has 0 aliphatic carbocycles. The zero-order valence-electron chi connectivity index (χ0n) is 13.8. The van der Waals surface area contributed by atoms with E-state index < -0.39 is 24.3 Å². The van der Waals surface area contributed by atoms with Crippen LogP contribution in [-0.4, -0.2) is 18.5 Å². The second-order valence-electron chi connectivity index (χ2n) is 5.64. The van der Waals surface area contributed by atoms with Crippen LogP contribution >= 0.6 is 0 Å². The number of esters is 1. The van der Waals surface area contributed by atoms with Crippen molar-refractivity contribution in [2.75, 3.05) is 11.9 Å². The van der Waals surface area contributed by atoms with E-state index in [0.717, 1.165) is 5.39 Å². The van der Waals surface area contributed by atoms with Gasteiger partial charge in [-0.2, -0.15) is 0 Å². The minimum atomic E-state index is -0.723. The van der Waals surface area contributed by atoms with Crippen LogP contribution in [0, 0.1) is 19.7 Å². The van der Waals surface area contributed by atoms with Gasteiger partial charge in [-0.3, -0.25) is 4.79 Å². The summed E-state index contributed by atoms with van der Waals surface area (Å²) in [5.41, 5.74) is 2.00. The predicted octanol–water partition coefficient (Wildman–Crippen LogP) is 3.98. The first-order chi connectivity index (χ1) is 12.0. The van der Waals surface area contributed by atoms with Crippen molar-refractivity contribution in [3.8, 4) is 0 Å². The van der Waals surface area contributed by atoms with Crippen LogP contribution in [0.1, 0.15) is 21.7 Å². The van der Waals surface area contributed by atoms with Crippen molar-refractivity contribution >= 4 is 28.5 Å². The van der Waals surface area contributed by atoms with E-state index in [2.05, 4.69) is 5.32 Å². The topological polar surface area (TPSA) is 68.5 Å². The summed E-state index contributed by atoms with van der Waals surface area (Å²) >= 11 is 0. The molecule has 1 amide bonds. The van der Waals surface area contributed by atoms with E-state index in [0.29, 0.717) is 22.4 Å². The van der Waals surface area contributed by atoms with Crippen molar-refractivity contribution in [1.82, 2.24) is 0 Å². The normalized spacial score (nSPS) is 10.7. The molecule has 5 nitrogen and oxygen atoms in total. The molecule has 128 valence electrons. The van der Waals surface area contributed by atoms with Gasteiger partial charge in [0.1, 0.15) is 11.4 Å². The van der Waals surface area contributed by atoms with E-state index in [-0.39, 0.29) is 5.76 Å². The molecule has 0 atom stereocenters. The van der Waals surface area contributed by atoms with E-state index in [1.165, 1.54) is 6.07 Å². The van der Waals surface area contributed by atoms with Gasteiger partial charge in [0.25, 0.3) is 5.91 Å². The fraction of sp³-hybridized carbons (Fsp3) is 0.158. The summed E-state index contributed by atoms with van der Waals surface area (Å²) in [4.78, 5) is 24.0. The Kier molecular flexibility index (Phi) is 4.52. The number of carbonyl (C=O) groups is 2. The molecule has 25 heavy (non-hydrogen) atoms. The molecule has 2 aromatic carbocycles. The van der Waals surface area contributed by atoms with Gasteiger partial charge in [-0.05, 0) is 37.6 Å². The van der Waals surface area contributed by atoms with Crippen LogP contribution in [0.25, 0.3) is 11.0 Å². The lowest BCUT2D eigenvalue weighted by Gasteiger charge is -2.07. The summed E-state index contributed by atoms with van der Waals surface area (Å²) in [5.74, 6) is -1.65. The summed E-state index contributed by atoms with van der Waals surface area (Å²) < 4.78 is 23.9. The molecule has 0 spiro atoms. The number of hydrogen-bond acceptors (Lipinski definition) is 4. The van der Waals surface area contributed by atoms with Crippen LogP contribution in [0.4, 0.5) is 10.1 Å². The molecule has 1 heterocycles. The maximum absolute atomic E-state index is 13.5. The Labute approximate surface area is 143 Å². The van der Waals surface area contributed by atoms with Crippen molar-refractivity contribution in [3.05, 3.63) is 65.2 Å². The Hall–Kier alpha value is -3.15. The van der Waals surface area contributed by atoms with Gasteiger partial charge in [0.2, 0.25) is 5.76 Å². The van der Waals surface area contributed by atoms with Crippen molar-refractivity contribution in [3.63, 3.8) is 0 Å². The highest BCUT2D eigenvalue weighted by atomic mass is 19.1. The van der Waals surface area contributed by atoms with E-state index >= 15 is 0 Å². The second-order valence-corrected chi connectivity index (χ2v) is 5.64. The highest BCUT2D eigenvalue weighted by Crippen LogP contribution is 2.25. The summed E-state index contributed by atoms with van der Waals surface area (Å²) in [5, 5.41) is 3.29. The molecule has 0 radical (unpaired) electrons. The number of ether oxygens (including phenoxy) is 1. The number of furan rings is 1. The van der Waals surface area contributed by atoms with E-state index in [9.17, 15) is 14.0 Å². The SMILES string of the molecule is Cc1ccc(NC(=O)COC(=O)c2oc3ccccc3c2C)cc1F. The predicted molar refractivity (Wildman–Crippen MR) is 91.0 cm³/mol. The van der Waals surface area contributed by atoms with Gasteiger partial charge in [0, 0.05) is 16.6 Å². The fourth-order valence-corrected chi connectivity index (χ4v) is 2.43. The smallest absolute Gasteiger partial charge is 0.375 e. The zero-order valence-corrected chi connectivity index (χ0v) is 13.8. The molecule has 0 bridgehead atoms. The highest BCUT2D eigenvalue weighted by Gasteiger charge is 2.19. The van der Waals surface area contributed by atoms with Gasteiger partial charge in [0.15, 0.2) is 6.61 Å². The summed E-state index contributed by atoms with van der Waals surface area (Å²) in [6, 6.07) is 11.6. The van der Waals surface area contributed by atoms with Gasteiger partial charge >= 0.3 is 5.97 Å². The number of hydrogen-bond donors (Lipinski definition) is 1. The molecule has 1 N–H and O–H groups in total. The quantitative estimate of drug-likeness (QED) is 0.729. The van der Waals surface area contributed by atoms with Crippen LogP contribution in [0.3, 0.4) is 0 Å². The Bertz CT molecular complexity index is 961. The lowest BCUT2D eigenvalue weighted by atomic mass is 10.1. The van der Waals surface area contributed by atoms with Crippen molar-refractivity contribution < 1.29 is 23.1 Å². The van der Waals surface area contributed by atoms with Crippen LogP contribution in [0.2, 0.25) is 0 Å². The Morgan fingerprint density at radius 2 is 1.92 bits per heavy atom. The van der Waals surface area contributed by atoms with E-state index in [1.807, 2.05) is 12.1 Å². The number of fused-ring (bicyclic) bond motifs is 1. The minimum absolute atomic E-state index is 0.0652. The average molecular weight is 341 g/mol. The number of anilines is 1. The van der Waals surface area contributed by atoms with Crippen LogP contribution < -0.4 is 5.32 Å². The number of rotatable bonds is 4. The van der Waals surface area contributed by atoms with Crippen molar-refractivity contribution in [2.24, 2.45) is 0 Å². The van der Waals surface area contributed by atoms with Gasteiger partial charge in [-0.15, -0.1) is 0 Å². The molecular weight excluding hydrogens is 325 g/mol. The molecule has 6 heteroatoms. The van der Waals surface area contributed by atoms with Gasteiger partial charge in [0.05, 0.1) is 0 Å². The number of carbonyl (C=O) groups excluding carboxylic acids is 2. The van der Waals surface area contributed by atoms with Gasteiger partial charge < -0.3 is 14.5 Å². The van der Waals surface area contributed by atoms with Gasteiger partial charge in [-0.25, -0.2) is 9.18 Å². The van der Waals surface area contributed by atoms with E-state index in [4.69, 9.17) is 9.15 Å². The maximum atomic E-state index is 13.5. The second kappa shape index (κ2) is 6.76. The maximum Gasteiger partial charge on any atom is 0.375 e. The third-order valence-electron chi connectivity index (χ3n) is 3.82. The summed E-state index contributed by atoms with van der Waals surface area (Å²) in [7, 11) is 0. The number of nitrogens with one attached hydrogen (secondary N) is 1. The van der Waals surface area contributed by atoms with Crippen LogP contribution in [0.15, 0.2) is 46.9 Å². The molecule has 0 fully saturated rings. The average Bonchev–Trinajstić information content (AvgIpc) is 2.93. The Morgan fingerprint density at radius 3 is 2.64 bits per heavy atom. The number of aryl methyl sites for hydroxylation is 2. The first-order valence-corrected chi connectivity index (χ1v) is 7.67. The molecule has 0 saturated heterocycles. The summed E-state index contributed by atoms with van der Waals surface area (Å²) in [6.45, 7) is 2.88. The zero-order chi connectivity index (χ0) is 18.0. The lowest BCUT2D eigenvalue weighted by molar-refractivity contribution is -0.119. The minimum Gasteiger partial charge on any atom is -0.450 e. The third kappa shape index (κ3) is 3.52. The first kappa shape index (κ1) is 16.7. The summed E-state index contributed by atoms with van der Waals surface area (Å²) in [6.07, 6.45) is 0. The molecular formula is C19H16FNO4. The fourth-order valence-electron chi connectivity index (χ4n) is 2.43. The number of para-hydroxylation sites is 1. The van der Waals surface area contributed by atoms with Gasteiger partial charge in [-0.1, -0.05) is 24.3 Å². The van der Waals surface area contributed by atoms with Crippen LogP contribution in [0.5, 0.6) is 0 Å². The monoisotopic (exact) mass is 341 g/mol. The van der Waals surface area contributed by atoms with Crippen molar-refractivity contribution in [2.45, 2.75) is 13.8 Å². The molecule has 0 unspecified atom stereocenters. The van der Waals surface area contributed by atoms with Crippen LogP contribution in [-0.2, 0) is 9.53 Å². The largest absolute Gasteiger partial charge is 0.450 e. The molecule has 3 rings (SSSR count). The molecule has 0 aliphatic heterocycles. The highest BCUT2D eigenvalue weighted by molar-refractivity contribution is 5.98. The molecule has 3 aromatic rings. The third-order valence-corrected chi connectivity index (χ3v) is 3.82. The standard InChI is InChI=1S/C19H16FNO4/c1-11-7-8-13(9-15(11)20)21-17(22)10-24-19(23)18-12(2)14-5-3-4-6-16(14)25-18/h3-9H,10H2,1-2H3,(H,21,22). The lowest BCUT2D eigenvalue weighted by Crippen LogP contribution is -2.21. The molecule has 0 aliphatic rings. The number of benzene rings is 2.